The molecule has 15 rings (SSSR count). The fourth-order valence-corrected chi connectivity index (χ4v) is 18.1. The molecule has 6 aliphatic rings. The number of nitrogens with zero attached hydrogens (tertiary/aromatic N) is 5. The van der Waals surface area contributed by atoms with Crippen LogP contribution in [-0.4, -0.2) is 189 Å². The zero-order valence-electron chi connectivity index (χ0n) is 74.2. The van der Waals surface area contributed by atoms with E-state index in [1.807, 2.05) is 260 Å². The van der Waals surface area contributed by atoms with Gasteiger partial charge < -0.3 is 75.8 Å². The van der Waals surface area contributed by atoms with Crippen LogP contribution in [0.5, 0.6) is 0 Å². The summed E-state index contributed by atoms with van der Waals surface area (Å²) in [5, 5.41) is 21.2. The largest absolute Gasteiger partial charge is 0.461 e. The molecule has 6 fully saturated rings. The molecule has 0 saturated carbocycles. The van der Waals surface area contributed by atoms with Gasteiger partial charge in [0.1, 0.15) is 31.5 Å². The molecule has 9 aromatic rings. The van der Waals surface area contributed by atoms with E-state index in [4.69, 9.17) is 24.7 Å². The molecule has 6 heterocycles. The highest BCUT2D eigenvalue weighted by molar-refractivity contribution is 6.06. The van der Waals surface area contributed by atoms with E-state index < -0.39 is 82.5 Å². The molecule has 0 aromatic heterocycles. The van der Waals surface area contributed by atoms with Gasteiger partial charge in [-0.2, -0.15) is 0 Å². The molecule has 27 nitrogen and oxygen atoms in total. The Labute approximate surface area is 746 Å². The Morgan fingerprint density at radius 1 is 0.383 bits per heavy atom. The van der Waals surface area contributed by atoms with Crippen LogP contribution in [0.3, 0.4) is 0 Å². The Morgan fingerprint density at radius 3 is 1.09 bits per heavy atom. The molecule has 0 bridgehead atoms. The number of hydrogen-bond acceptors (Lipinski definition) is 18. The zero-order valence-corrected chi connectivity index (χ0v) is 74.2. The summed E-state index contributed by atoms with van der Waals surface area (Å²) in [6.07, 6.45) is 0.870. The van der Waals surface area contributed by atoms with Crippen molar-refractivity contribution in [3.63, 3.8) is 0 Å². The van der Waals surface area contributed by atoms with Gasteiger partial charge in [-0.05, 0) is 108 Å². The van der Waals surface area contributed by atoms with E-state index >= 15 is 0 Å². The van der Waals surface area contributed by atoms with E-state index in [1.54, 1.807) is 45.3 Å². The maximum atomic E-state index is 14.4. The number of likely N-dealkylation sites (tertiary alicyclic amines) is 5. The first-order valence-electron chi connectivity index (χ1n) is 44.2. The first-order valence-corrected chi connectivity index (χ1v) is 44.2. The van der Waals surface area contributed by atoms with Crippen LogP contribution in [0.15, 0.2) is 218 Å². The number of nitrogens with two attached hydrogens (primary N) is 1. The smallest absolute Gasteiger partial charge is 0.408 e. The Kier molecular flexibility index (Phi) is 29.9. The molecule has 672 valence electrons. The first-order chi connectivity index (χ1) is 61.3. The van der Waals surface area contributed by atoms with E-state index in [2.05, 4.69) is 26.6 Å². The molecular weight excluding hydrogens is 1620 g/mol. The molecule has 11 atom stereocenters. The minimum absolute atomic E-state index is 0.0276. The van der Waals surface area contributed by atoms with E-state index in [9.17, 15) is 57.5 Å². The molecule has 128 heavy (non-hydrogen) atoms. The lowest BCUT2D eigenvalue weighted by Gasteiger charge is -2.37. The van der Waals surface area contributed by atoms with Crippen molar-refractivity contribution in [3.8, 4) is 0 Å². The van der Waals surface area contributed by atoms with Gasteiger partial charge in [-0.1, -0.05) is 242 Å². The van der Waals surface area contributed by atoms with Crippen LogP contribution in [0.1, 0.15) is 137 Å². The highest BCUT2D eigenvalue weighted by Crippen LogP contribution is 2.42. The molecule has 6 aliphatic heterocycles. The summed E-state index contributed by atoms with van der Waals surface area (Å²) in [4.78, 5) is 168. The van der Waals surface area contributed by atoms with Crippen molar-refractivity contribution in [3.05, 3.63) is 235 Å². The van der Waals surface area contributed by atoms with Crippen molar-refractivity contribution in [2.45, 2.75) is 194 Å². The summed E-state index contributed by atoms with van der Waals surface area (Å²) in [6.45, 7) is 19.0. The monoisotopic (exact) mass is 1740 g/mol. The second kappa shape index (κ2) is 41.3. The van der Waals surface area contributed by atoms with Crippen LogP contribution >= 0.6 is 0 Å². The second-order valence-electron chi connectivity index (χ2n) is 36.8. The Hall–Kier alpha value is -12.9. The van der Waals surface area contributed by atoms with Crippen molar-refractivity contribution in [2.75, 3.05) is 55.2 Å². The summed E-state index contributed by atoms with van der Waals surface area (Å²) in [7, 11) is 0. The van der Waals surface area contributed by atoms with Crippen molar-refractivity contribution >= 4 is 121 Å². The van der Waals surface area contributed by atoms with Crippen molar-refractivity contribution < 1.29 is 76.5 Å². The molecule has 9 amide bonds. The number of esters is 3. The van der Waals surface area contributed by atoms with E-state index in [0.29, 0.717) is 37.3 Å². The topological polar surface area (TPSA) is 344 Å². The SMILES string of the molecule is CC(C)(C)OC(=O)N[C@H](C(=O)N1CC[C@@H]2[C@H]1[C@@H](C(=O)Nc1cccc3ccccc13)CN2C(=O)CCC(=O)OCc1ccccc1)C(C)(C)C.CC(C)(C)[C@H](N)C(=O)N1CC[C@@H]2[C@H]1[C@@H](C(=O)Nc1cccc3ccccc13)CN2C(=O)CCC(=O)OCc1ccccc1.O=C(CCC(=O)N1C[C@H](C(=O)Nc2cccc3ccccc23)[C@H]2NCC[C@H]21)OCc1ccccc1. The third-order valence-corrected chi connectivity index (χ3v) is 24.7. The van der Waals surface area contributed by atoms with Gasteiger partial charge in [0.15, 0.2) is 0 Å². The Balaban J connectivity index is 0.000000166. The number of anilines is 3. The highest BCUT2D eigenvalue weighted by Gasteiger charge is 2.58. The number of rotatable bonds is 24. The van der Waals surface area contributed by atoms with Crippen LogP contribution in [0.25, 0.3) is 32.3 Å². The van der Waals surface area contributed by atoms with Gasteiger partial charge in [0.2, 0.25) is 47.3 Å². The van der Waals surface area contributed by atoms with Gasteiger partial charge in [-0.15, -0.1) is 0 Å². The minimum atomic E-state index is -0.956. The fraction of sp³-hybridized carbons (Fsp3) is 0.406. The predicted molar refractivity (Wildman–Crippen MR) is 488 cm³/mol. The molecule has 0 radical (unpaired) electrons. The number of fused-ring (bicyclic) bond motifs is 6. The molecule has 0 unspecified atom stereocenters. The van der Waals surface area contributed by atoms with Crippen LogP contribution < -0.4 is 32.3 Å². The Morgan fingerprint density at radius 2 is 0.719 bits per heavy atom. The number of ether oxygens (including phenoxy) is 4. The maximum absolute atomic E-state index is 14.4. The summed E-state index contributed by atoms with van der Waals surface area (Å²) in [6, 6.07) is 65.0. The number of benzene rings is 9. The molecular formula is C101H117N11O16. The summed E-state index contributed by atoms with van der Waals surface area (Å²) >= 11 is 0. The standard InChI is InChI=1S/C39H48N4O7.C34H40N4O5.C28H29N3O4/c1-38(2,3)34(41-37(48)50-39(4,5)6)36(47)42-22-21-30-33(42)28(35(46)40-29-18-12-16-26-15-10-11-17-27(26)29)23-43(30)31(44)19-20-32(45)49-24-25-13-8-7-9-14-25;1-34(2,3)31(35)33(42)37-19-18-27-30(37)25(32(41)36-26-15-9-13-23-12-7-8-14-24(23)26)20-38(27)28(39)16-17-29(40)43-21-22-10-5-4-6-11-22;32-25(13-14-26(33)35-18-19-7-2-1-3-8-19)31-17-22(27-24(31)15-16-29-27)28(34)30-23-12-6-10-20-9-4-5-11-21(20)23/h7-18,28,30,33-34H,19-24H2,1-6H3,(H,40,46)(H,41,48);4-15,25,27,30-31H,16-21,35H2,1-3H3,(H,36,41);1-12,22,24,27,29H,13-18H2,(H,30,34)/t28-,30+,33+,34+;25-,27+,30+,31+;22-,24+,27+/m000/s1. The van der Waals surface area contributed by atoms with Gasteiger partial charge >= 0.3 is 24.0 Å². The molecule has 0 aliphatic carbocycles. The number of hydrogen-bond donors (Lipinski definition) is 6. The number of amides is 9. The lowest BCUT2D eigenvalue weighted by Crippen LogP contribution is -2.58. The molecule has 0 spiro atoms. The van der Waals surface area contributed by atoms with Crippen LogP contribution in [0.2, 0.25) is 0 Å². The lowest BCUT2D eigenvalue weighted by atomic mass is 9.85. The summed E-state index contributed by atoms with van der Waals surface area (Å²) in [5.74, 6) is -4.99. The number of nitrogens with one attached hydrogen (secondary N) is 5. The van der Waals surface area contributed by atoms with Gasteiger partial charge in [-0.25, -0.2) is 4.79 Å². The molecule has 27 heteroatoms. The normalized spacial score (nSPS) is 20.2. The first kappa shape index (κ1) is 92.8. The average molecular weight is 1740 g/mol. The van der Waals surface area contributed by atoms with Crippen molar-refractivity contribution in [1.29, 1.82) is 0 Å². The average Bonchev–Trinajstić information content (AvgIpc) is 1.59. The molecule has 6 saturated heterocycles. The number of carbonyl (C=O) groups excluding carboxylic acids is 12. The quantitative estimate of drug-likeness (QED) is 0.0242. The highest BCUT2D eigenvalue weighted by atomic mass is 16.6. The van der Waals surface area contributed by atoms with Gasteiger partial charge in [0.05, 0.1) is 67.2 Å². The third kappa shape index (κ3) is 22.9. The summed E-state index contributed by atoms with van der Waals surface area (Å²) in [5.41, 5.74) is 9.16. The van der Waals surface area contributed by atoms with Crippen LogP contribution in [0, 0.1) is 28.6 Å². The maximum Gasteiger partial charge on any atom is 0.408 e. The minimum Gasteiger partial charge on any atom is -0.461 e. The van der Waals surface area contributed by atoms with E-state index in [1.165, 1.54) is 0 Å². The zero-order chi connectivity index (χ0) is 91.1. The van der Waals surface area contributed by atoms with Crippen molar-refractivity contribution in [2.24, 2.45) is 34.3 Å². The number of alkyl carbamates (subject to hydrolysis) is 1. The third-order valence-electron chi connectivity index (χ3n) is 24.7. The summed E-state index contributed by atoms with van der Waals surface area (Å²) < 4.78 is 21.5. The number of carbonyl (C=O) groups is 12. The van der Waals surface area contributed by atoms with Gasteiger partial charge in [0.25, 0.3) is 0 Å². The van der Waals surface area contributed by atoms with Crippen LogP contribution in [-0.2, 0) is 91.5 Å². The lowest BCUT2D eigenvalue weighted by molar-refractivity contribution is -0.147. The van der Waals surface area contributed by atoms with E-state index in [0.717, 1.165) is 67.7 Å². The van der Waals surface area contributed by atoms with Gasteiger partial charge in [0, 0.05) is 97.3 Å². The van der Waals surface area contributed by atoms with Crippen LogP contribution in [0.4, 0.5) is 21.9 Å². The van der Waals surface area contributed by atoms with Gasteiger partial charge in [-0.3, -0.25) is 52.7 Å². The second-order valence-corrected chi connectivity index (χ2v) is 36.8. The Bertz CT molecular complexity index is 5510. The van der Waals surface area contributed by atoms with Crippen molar-refractivity contribution in [1.82, 2.24) is 35.1 Å². The molecule has 9 aromatic carbocycles. The van der Waals surface area contributed by atoms with E-state index in [-0.39, 0.29) is 149 Å². The predicted octanol–water partition coefficient (Wildman–Crippen LogP) is 13.3. The molecule has 7 N–H and O–H groups in total. The fourth-order valence-electron chi connectivity index (χ4n) is 18.1.